The standard InChI is InChI=1S/C11H12F2N4O2/c1-6-3-9(16-11(15-6)18-2)14-5-7-4-8(10(12)13)19-17-7/h3-4,10H,5H2,1-2H3,(H,14,15,16). The Labute approximate surface area is 107 Å². The number of halogens is 2. The molecule has 0 atom stereocenters. The van der Waals surface area contributed by atoms with Crippen LogP contribution < -0.4 is 10.1 Å². The van der Waals surface area contributed by atoms with E-state index in [4.69, 9.17) is 4.74 Å². The number of methoxy groups -OCH3 is 1. The van der Waals surface area contributed by atoms with E-state index in [-0.39, 0.29) is 12.6 Å². The van der Waals surface area contributed by atoms with Crippen LogP contribution in [0, 0.1) is 6.92 Å². The second-order valence-electron chi connectivity index (χ2n) is 3.76. The molecule has 0 radical (unpaired) electrons. The molecule has 0 saturated carbocycles. The Morgan fingerprint density at radius 1 is 1.37 bits per heavy atom. The molecule has 0 unspecified atom stereocenters. The Hall–Kier alpha value is -2.25. The lowest BCUT2D eigenvalue weighted by atomic mass is 10.3. The highest BCUT2D eigenvalue weighted by Gasteiger charge is 2.14. The number of alkyl halides is 2. The van der Waals surface area contributed by atoms with Gasteiger partial charge in [0.2, 0.25) is 5.76 Å². The van der Waals surface area contributed by atoms with Crippen molar-refractivity contribution in [2.24, 2.45) is 0 Å². The van der Waals surface area contributed by atoms with Crippen molar-refractivity contribution in [3.05, 3.63) is 29.3 Å². The Kier molecular flexibility index (Phi) is 3.88. The average Bonchev–Trinajstić information content (AvgIpc) is 2.84. The average molecular weight is 270 g/mol. The summed E-state index contributed by atoms with van der Waals surface area (Å²) in [5, 5.41) is 6.46. The molecular formula is C11H12F2N4O2. The first-order valence-corrected chi connectivity index (χ1v) is 5.45. The molecule has 2 aromatic rings. The molecule has 0 fully saturated rings. The molecular weight excluding hydrogens is 258 g/mol. The molecule has 19 heavy (non-hydrogen) atoms. The monoisotopic (exact) mass is 270 g/mol. The van der Waals surface area contributed by atoms with Crippen molar-refractivity contribution in [2.75, 3.05) is 12.4 Å². The van der Waals surface area contributed by atoms with Gasteiger partial charge in [-0.2, -0.15) is 4.98 Å². The van der Waals surface area contributed by atoms with Crippen LogP contribution in [0.5, 0.6) is 6.01 Å². The molecule has 0 bridgehead atoms. The van der Waals surface area contributed by atoms with Gasteiger partial charge in [0.25, 0.3) is 6.43 Å². The third kappa shape index (κ3) is 3.36. The molecule has 1 N–H and O–H groups in total. The number of nitrogens with one attached hydrogen (secondary N) is 1. The van der Waals surface area contributed by atoms with Crippen LogP contribution in [-0.2, 0) is 6.54 Å². The number of hydrogen-bond acceptors (Lipinski definition) is 6. The zero-order valence-corrected chi connectivity index (χ0v) is 10.4. The third-order valence-corrected chi connectivity index (χ3v) is 2.26. The molecule has 102 valence electrons. The number of aryl methyl sites for hydroxylation is 1. The van der Waals surface area contributed by atoms with E-state index in [1.165, 1.54) is 13.2 Å². The molecule has 0 saturated heterocycles. The van der Waals surface area contributed by atoms with E-state index in [0.717, 1.165) is 5.69 Å². The largest absolute Gasteiger partial charge is 0.467 e. The van der Waals surface area contributed by atoms with E-state index in [9.17, 15) is 8.78 Å². The van der Waals surface area contributed by atoms with Gasteiger partial charge in [0.1, 0.15) is 11.5 Å². The molecule has 0 spiro atoms. The molecule has 0 aromatic carbocycles. The number of ether oxygens (including phenoxy) is 1. The van der Waals surface area contributed by atoms with Crippen molar-refractivity contribution in [1.82, 2.24) is 15.1 Å². The molecule has 6 nitrogen and oxygen atoms in total. The number of anilines is 1. The minimum Gasteiger partial charge on any atom is -0.467 e. The van der Waals surface area contributed by atoms with Crippen molar-refractivity contribution in [1.29, 1.82) is 0 Å². The number of rotatable bonds is 5. The maximum Gasteiger partial charge on any atom is 0.318 e. The van der Waals surface area contributed by atoms with E-state index in [1.54, 1.807) is 13.0 Å². The summed E-state index contributed by atoms with van der Waals surface area (Å²) in [6.45, 7) is 2.01. The quantitative estimate of drug-likeness (QED) is 0.898. The van der Waals surface area contributed by atoms with Gasteiger partial charge >= 0.3 is 6.01 Å². The summed E-state index contributed by atoms with van der Waals surface area (Å²) in [4.78, 5) is 8.09. The Morgan fingerprint density at radius 3 is 2.79 bits per heavy atom. The molecule has 0 aliphatic heterocycles. The predicted molar refractivity (Wildman–Crippen MR) is 62.1 cm³/mol. The number of hydrogen-bond donors (Lipinski definition) is 1. The van der Waals surface area contributed by atoms with Crippen LogP contribution in [0.4, 0.5) is 14.6 Å². The highest BCUT2D eigenvalue weighted by atomic mass is 19.3. The van der Waals surface area contributed by atoms with Gasteiger partial charge in [0.15, 0.2) is 0 Å². The van der Waals surface area contributed by atoms with Crippen LogP contribution in [0.1, 0.15) is 23.6 Å². The molecule has 0 amide bonds. The first-order valence-electron chi connectivity index (χ1n) is 5.45. The lowest BCUT2D eigenvalue weighted by Gasteiger charge is -2.05. The van der Waals surface area contributed by atoms with Gasteiger partial charge in [0.05, 0.1) is 13.7 Å². The third-order valence-electron chi connectivity index (χ3n) is 2.26. The van der Waals surface area contributed by atoms with E-state index in [2.05, 4.69) is 25.0 Å². The Bertz CT molecular complexity index is 559. The minimum absolute atomic E-state index is 0.218. The van der Waals surface area contributed by atoms with Gasteiger partial charge in [-0.3, -0.25) is 0 Å². The highest BCUT2D eigenvalue weighted by Crippen LogP contribution is 2.19. The van der Waals surface area contributed by atoms with Crippen LogP contribution in [0.15, 0.2) is 16.7 Å². The maximum absolute atomic E-state index is 12.3. The second-order valence-corrected chi connectivity index (χ2v) is 3.76. The van der Waals surface area contributed by atoms with Gasteiger partial charge in [-0.05, 0) is 6.92 Å². The van der Waals surface area contributed by atoms with Crippen LogP contribution >= 0.6 is 0 Å². The smallest absolute Gasteiger partial charge is 0.318 e. The summed E-state index contributed by atoms with van der Waals surface area (Å²) in [5.41, 5.74) is 1.09. The van der Waals surface area contributed by atoms with E-state index in [1.807, 2.05) is 0 Å². The summed E-state index contributed by atoms with van der Waals surface area (Å²) in [6.07, 6.45) is -2.66. The molecule has 0 aliphatic rings. The molecule has 2 aromatic heterocycles. The van der Waals surface area contributed by atoms with E-state index < -0.39 is 12.2 Å². The van der Waals surface area contributed by atoms with E-state index >= 15 is 0 Å². The zero-order valence-electron chi connectivity index (χ0n) is 10.4. The van der Waals surface area contributed by atoms with Crippen molar-refractivity contribution in [3.8, 4) is 6.01 Å². The fraction of sp³-hybridized carbons (Fsp3) is 0.364. The number of aromatic nitrogens is 3. The number of nitrogens with zero attached hydrogens (tertiary/aromatic N) is 3. The van der Waals surface area contributed by atoms with Gasteiger partial charge in [-0.15, -0.1) is 0 Å². The fourth-order valence-corrected chi connectivity index (χ4v) is 1.42. The van der Waals surface area contributed by atoms with Crippen LogP contribution in [-0.4, -0.2) is 22.2 Å². The van der Waals surface area contributed by atoms with Gasteiger partial charge in [-0.25, -0.2) is 13.8 Å². The lowest BCUT2D eigenvalue weighted by molar-refractivity contribution is 0.112. The predicted octanol–water partition coefficient (Wildman–Crippen LogP) is 2.33. The topological polar surface area (TPSA) is 73.1 Å². The van der Waals surface area contributed by atoms with E-state index in [0.29, 0.717) is 11.5 Å². The summed E-state index contributed by atoms with van der Waals surface area (Å²) < 4.78 is 34.0. The minimum atomic E-state index is -2.66. The summed E-state index contributed by atoms with van der Waals surface area (Å²) >= 11 is 0. The SMILES string of the molecule is COc1nc(C)cc(NCc2cc(C(F)F)on2)n1. The summed E-state index contributed by atoms with van der Waals surface area (Å²) in [6, 6.07) is 3.13. The van der Waals surface area contributed by atoms with Gasteiger partial charge < -0.3 is 14.6 Å². The van der Waals surface area contributed by atoms with Crippen molar-refractivity contribution in [3.63, 3.8) is 0 Å². The Balaban J connectivity index is 2.03. The summed E-state index contributed by atoms with van der Waals surface area (Å²) in [7, 11) is 1.46. The van der Waals surface area contributed by atoms with Gasteiger partial charge in [-0.1, -0.05) is 5.16 Å². The summed E-state index contributed by atoms with van der Waals surface area (Å²) in [5.74, 6) is 0.0687. The van der Waals surface area contributed by atoms with Crippen molar-refractivity contribution >= 4 is 5.82 Å². The second kappa shape index (κ2) is 5.59. The fourth-order valence-electron chi connectivity index (χ4n) is 1.42. The Morgan fingerprint density at radius 2 is 2.16 bits per heavy atom. The highest BCUT2D eigenvalue weighted by molar-refractivity contribution is 5.37. The van der Waals surface area contributed by atoms with Crippen molar-refractivity contribution < 1.29 is 18.0 Å². The lowest BCUT2D eigenvalue weighted by Crippen LogP contribution is -2.04. The molecule has 8 heteroatoms. The zero-order chi connectivity index (χ0) is 13.8. The van der Waals surface area contributed by atoms with Crippen LogP contribution in [0.3, 0.4) is 0 Å². The van der Waals surface area contributed by atoms with Crippen LogP contribution in [0.25, 0.3) is 0 Å². The first-order chi connectivity index (χ1) is 9.08. The maximum atomic E-state index is 12.3. The molecule has 2 rings (SSSR count). The van der Waals surface area contributed by atoms with Gasteiger partial charge in [0, 0.05) is 17.8 Å². The van der Waals surface area contributed by atoms with Crippen LogP contribution in [0.2, 0.25) is 0 Å². The molecule has 0 aliphatic carbocycles. The molecule has 2 heterocycles. The normalized spacial score (nSPS) is 10.8. The first kappa shape index (κ1) is 13.2. The van der Waals surface area contributed by atoms with Crippen molar-refractivity contribution in [2.45, 2.75) is 19.9 Å².